The highest BCUT2D eigenvalue weighted by atomic mass is 32.2. The Hall–Kier alpha value is -4.58. The van der Waals surface area contributed by atoms with Crippen LogP contribution < -0.4 is 4.18 Å². The van der Waals surface area contributed by atoms with Crippen molar-refractivity contribution in [2.24, 2.45) is 0 Å². The zero-order chi connectivity index (χ0) is 35.9. The number of rotatable bonds is 9. The maximum absolute atomic E-state index is 14.9. The number of ether oxygens (including phenoxy) is 3. The number of allylic oxidation sites excluding steroid dienone is 2. The number of carbonyl (C=O) groups excluding carboxylic acids is 1. The zero-order valence-corrected chi connectivity index (χ0v) is 27.0. The van der Waals surface area contributed by atoms with E-state index in [9.17, 15) is 39.6 Å². The van der Waals surface area contributed by atoms with Gasteiger partial charge >= 0.3 is 21.7 Å². The Balaban J connectivity index is 0.000000804. The predicted molar refractivity (Wildman–Crippen MR) is 163 cm³/mol. The van der Waals surface area contributed by atoms with Crippen LogP contribution in [0, 0.1) is 5.82 Å². The topological polar surface area (TPSA) is 122 Å². The summed E-state index contributed by atoms with van der Waals surface area (Å²) < 4.78 is 126. The lowest BCUT2D eigenvalue weighted by atomic mass is 10.0. The average molecular weight is 707 g/mol. The molecule has 0 N–H and O–H groups in total. The summed E-state index contributed by atoms with van der Waals surface area (Å²) in [6.45, 7) is 10.00. The zero-order valence-electron chi connectivity index (χ0n) is 26.2. The Labute approximate surface area is 272 Å². The van der Waals surface area contributed by atoms with Gasteiger partial charge in [-0.2, -0.15) is 26.7 Å². The van der Waals surface area contributed by atoms with Crippen LogP contribution in [0.3, 0.4) is 0 Å². The van der Waals surface area contributed by atoms with E-state index in [-0.39, 0.29) is 42.6 Å². The molecule has 3 aromatic rings. The molecule has 3 heterocycles. The van der Waals surface area contributed by atoms with Gasteiger partial charge in [-0.3, -0.25) is 4.68 Å². The molecule has 11 nitrogen and oxygen atoms in total. The first-order valence-electron chi connectivity index (χ1n) is 14.0. The summed E-state index contributed by atoms with van der Waals surface area (Å²) in [5, 5.41) is 3.23. The number of aromatic nitrogens is 3. The van der Waals surface area contributed by atoms with Crippen LogP contribution >= 0.6 is 0 Å². The highest BCUT2D eigenvalue weighted by molar-refractivity contribution is 7.88. The summed E-state index contributed by atoms with van der Waals surface area (Å²) in [6, 6.07) is 4.49. The van der Waals surface area contributed by atoms with Gasteiger partial charge in [-0.25, -0.2) is 22.9 Å². The van der Waals surface area contributed by atoms with Crippen LogP contribution in [-0.4, -0.2) is 72.2 Å². The fourth-order valence-electron chi connectivity index (χ4n) is 4.19. The molecule has 1 aromatic carbocycles. The van der Waals surface area contributed by atoms with Crippen molar-refractivity contribution in [3.8, 4) is 17.3 Å². The Bertz CT molecular complexity index is 1800. The Morgan fingerprint density at radius 2 is 1.85 bits per heavy atom. The van der Waals surface area contributed by atoms with Crippen LogP contribution in [0.15, 0.2) is 55.3 Å². The predicted octanol–water partition coefficient (Wildman–Crippen LogP) is 6.80. The first kappa shape index (κ1) is 37.9. The van der Waals surface area contributed by atoms with Gasteiger partial charge in [-0.05, 0) is 44.4 Å². The maximum Gasteiger partial charge on any atom is 0.534 e. The van der Waals surface area contributed by atoms with Gasteiger partial charge in [-0.1, -0.05) is 18.7 Å². The van der Waals surface area contributed by atoms with Gasteiger partial charge in [-0.15, -0.1) is 0 Å². The van der Waals surface area contributed by atoms with Crippen molar-refractivity contribution in [1.82, 2.24) is 19.7 Å². The van der Waals surface area contributed by atoms with Gasteiger partial charge in [0.25, 0.3) is 0 Å². The number of benzene rings is 1. The number of hydrogen-bond acceptors (Lipinski definition) is 9. The Morgan fingerprint density at radius 3 is 2.46 bits per heavy atom. The van der Waals surface area contributed by atoms with Gasteiger partial charge in [0.15, 0.2) is 0 Å². The van der Waals surface area contributed by atoms with Crippen LogP contribution in [-0.2, 0) is 37.4 Å². The standard InChI is InChI=1S/C25H22F6N4O5S.C5H10O2/c1-24(2,3)39-23(36)34-9-10-35-15(13-34)12-19(33-35)21-17(11-14(27)7-8-26)16-5-4-6-18(28)20(16)22(32-21)40-41(37,38)25(29,30)31;1-3-7-5-4-6-2/h4-8,11-12H,9-10,13H2,1-3H3;3H,1,4-5H2,2H3/b8-7+,14-11?;. The number of fused-ring (bicyclic) bond motifs is 2. The molecule has 0 atom stereocenters. The minimum atomic E-state index is -6.30. The van der Waals surface area contributed by atoms with E-state index in [1.165, 1.54) is 21.9 Å². The SMILES string of the molecule is C=COCCOC.CC(C)(C)OC(=O)N1CCn2nc(-c3nc(OS(=O)(=O)C(F)(F)F)c4c(F)cccc4c3C=C(F)/C=C/F)cc2C1. The van der Waals surface area contributed by atoms with Crippen LogP contribution in [0.2, 0.25) is 0 Å². The van der Waals surface area contributed by atoms with Crippen molar-refractivity contribution in [3.05, 3.63) is 72.4 Å². The summed E-state index contributed by atoms with van der Waals surface area (Å²) in [4.78, 5) is 17.8. The highest BCUT2D eigenvalue weighted by Crippen LogP contribution is 2.39. The fourth-order valence-corrected chi connectivity index (χ4v) is 4.61. The van der Waals surface area contributed by atoms with Crippen molar-refractivity contribution in [2.75, 3.05) is 26.9 Å². The van der Waals surface area contributed by atoms with E-state index in [1.54, 1.807) is 27.9 Å². The van der Waals surface area contributed by atoms with Crippen LogP contribution in [0.5, 0.6) is 5.88 Å². The van der Waals surface area contributed by atoms with Gasteiger partial charge in [0.1, 0.15) is 35.2 Å². The number of halogens is 6. The summed E-state index contributed by atoms with van der Waals surface area (Å²) in [7, 11) is -4.67. The normalized spacial score (nSPS) is 14.0. The van der Waals surface area contributed by atoms with Gasteiger partial charge in [0.05, 0.1) is 43.4 Å². The van der Waals surface area contributed by atoms with Crippen molar-refractivity contribution in [3.63, 3.8) is 0 Å². The number of hydrogen-bond donors (Lipinski definition) is 0. The third-order valence-corrected chi connectivity index (χ3v) is 7.12. The van der Waals surface area contributed by atoms with E-state index >= 15 is 0 Å². The largest absolute Gasteiger partial charge is 0.534 e. The Kier molecular flexibility index (Phi) is 12.3. The van der Waals surface area contributed by atoms with Gasteiger partial charge in [0.2, 0.25) is 5.88 Å². The molecule has 0 aliphatic carbocycles. The van der Waals surface area contributed by atoms with Gasteiger partial charge < -0.3 is 23.3 Å². The molecule has 0 radical (unpaired) electrons. The first-order valence-corrected chi connectivity index (χ1v) is 15.4. The lowest BCUT2D eigenvalue weighted by Crippen LogP contribution is -2.41. The van der Waals surface area contributed by atoms with Crippen molar-refractivity contribution >= 4 is 33.1 Å². The van der Waals surface area contributed by atoms with Gasteiger partial charge in [0, 0.05) is 25.3 Å². The minimum absolute atomic E-state index is 0.0000552. The lowest BCUT2D eigenvalue weighted by Gasteiger charge is -2.30. The van der Waals surface area contributed by atoms with Crippen molar-refractivity contribution in [2.45, 2.75) is 45.0 Å². The number of alkyl halides is 3. The maximum atomic E-state index is 14.9. The highest BCUT2D eigenvalue weighted by Gasteiger charge is 2.49. The van der Waals surface area contributed by atoms with Crippen LogP contribution in [0.25, 0.3) is 28.2 Å². The number of carbonyl (C=O) groups is 1. The average Bonchev–Trinajstić information content (AvgIpc) is 3.41. The molecule has 1 aliphatic heterocycles. The van der Waals surface area contributed by atoms with E-state index in [0.29, 0.717) is 25.0 Å². The molecule has 2 aromatic heterocycles. The lowest BCUT2D eigenvalue weighted by molar-refractivity contribution is -0.0501. The number of methoxy groups -OCH3 is 1. The summed E-state index contributed by atoms with van der Waals surface area (Å²) in [6.07, 6.45) is 1.83. The van der Waals surface area contributed by atoms with Crippen molar-refractivity contribution < 1.29 is 57.9 Å². The summed E-state index contributed by atoms with van der Waals surface area (Å²) >= 11 is 0. The third-order valence-electron chi connectivity index (χ3n) is 6.18. The summed E-state index contributed by atoms with van der Waals surface area (Å²) in [5.74, 6) is -3.68. The van der Waals surface area contributed by atoms with Crippen LogP contribution in [0.4, 0.5) is 31.1 Å². The Morgan fingerprint density at radius 1 is 1.15 bits per heavy atom. The molecule has 0 bridgehead atoms. The molecular weight excluding hydrogens is 674 g/mol. The van der Waals surface area contributed by atoms with E-state index in [0.717, 1.165) is 24.3 Å². The van der Waals surface area contributed by atoms with E-state index in [1.807, 2.05) is 0 Å². The van der Waals surface area contributed by atoms with Crippen molar-refractivity contribution in [1.29, 1.82) is 0 Å². The molecule has 0 fully saturated rings. The summed E-state index contributed by atoms with van der Waals surface area (Å²) in [5.41, 5.74) is -6.98. The molecule has 4 rings (SSSR count). The molecule has 0 saturated carbocycles. The molecule has 48 heavy (non-hydrogen) atoms. The molecule has 0 unspecified atom stereocenters. The third kappa shape index (κ3) is 9.50. The molecule has 1 aliphatic rings. The molecule has 0 saturated heterocycles. The first-order chi connectivity index (χ1) is 22.4. The monoisotopic (exact) mass is 706 g/mol. The number of nitrogens with zero attached hydrogens (tertiary/aromatic N) is 4. The second-order valence-electron chi connectivity index (χ2n) is 10.8. The van der Waals surface area contributed by atoms with E-state index < -0.39 is 55.9 Å². The van der Waals surface area contributed by atoms with E-state index in [4.69, 9.17) is 9.47 Å². The molecular formula is C30H32F6N4O7S. The fraction of sp³-hybridized carbons (Fsp3) is 0.367. The smallest absolute Gasteiger partial charge is 0.499 e. The second kappa shape index (κ2) is 15.5. The minimum Gasteiger partial charge on any atom is -0.499 e. The van der Waals surface area contributed by atoms with E-state index in [2.05, 4.69) is 25.6 Å². The second-order valence-corrected chi connectivity index (χ2v) is 12.4. The molecule has 18 heteroatoms. The number of pyridine rings is 1. The molecule has 1 amide bonds. The number of amides is 1. The quantitative estimate of drug-likeness (QED) is 0.0591. The molecule has 262 valence electrons. The molecule has 0 spiro atoms. The van der Waals surface area contributed by atoms with Crippen LogP contribution in [0.1, 0.15) is 32.0 Å².